The van der Waals surface area contributed by atoms with E-state index in [4.69, 9.17) is 33.0 Å². The summed E-state index contributed by atoms with van der Waals surface area (Å²) < 4.78 is 5.35. The first kappa shape index (κ1) is 12.2. The minimum Gasteiger partial charge on any atom is -0.477 e. The number of carbonyl (C=O) groups is 1. The van der Waals surface area contributed by atoms with E-state index in [0.717, 1.165) is 11.3 Å². The third-order valence-electron chi connectivity index (χ3n) is 1.76. The SMILES string of the molecule is O=C(O)c1sc(Oc2cccc(Cl)c2)nc1Cl. The van der Waals surface area contributed by atoms with E-state index in [1.54, 1.807) is 24.3 Å². The Morgan fingerprint density at radius 1 is 1.41 bits per heavy atom. The van der Waals surface area contributed by atoms with Gasteiger partial charge in [-0.15, -0.1) is 0 Å². The summed E-state index contributed by atoms with van der Waals surface area (Å²) in [6, 6.07) is 6.69. The first-order chi connectivity index (χ1) is 8.06. The number of ether oxygens (including phenoxy) is 1. The summed E-state index contributed by atoms with van der Waals surface area (Å²) in [5, 5.41) is 9.39. The molecule has 4 nitrogen and oxygen atoms in total. The summed E-state index contributed by atoms with van der Waals surface area (Å²) in [5.41, 5.74) is 0. The Bertz CT molecular complexity index is 570. The molecule has 0 atom stereocenters. The van der Waals surface area contributed by atoms with Crippen LogP contribution in [0.2, 0.25) is 10.2 Å². The highest BCUT2D eigenvalue weighted by Gasteiger charge is 2.16. The van der Waals surface area contributed by atoms with Crippen molar-refractivity contribution in [2.75, 3.05) is 0 Å². The van der Waals surface area contributed by atoms with E-state index in [2.05, 4.69) is 4.98 Å². The number of rotatable bonds is 3. The molecule has 7 heteroatoms. The second kappa shape index (κ2) is 4.91. The Balaban J connectivity index is 2.25. The van der Waals surface area contributed by atoms with Crippen LogP contribution >= 0.6 is 34.5 Å². The Morgan fingerprint density at radius 2 is 2.18 bits per heavy atom. The summed E-state index contributed by atoms with van der Waals surface area (Å²) >= 11 is 12.3. The minimum absolute atomic E-state index is 0.0521. The van der Waals surface area contributed by atoms with E-state index >= 15 is 0 Å². The number of carboxylic acid groups (broad SMARTS) is 1. The molecule has 2 aromatic rings. The first-order valence-electron chi connectivity index (χ1n) is 4.39. The van der Waals surface area contributed by atoms with Crippen molar-refractivity contribution >= 4 is 40.5 Å². The highest BCUT2D eigenvalue weighted by molar-refractivity contribution is 7.15. The van der Waals surface area contributed by atoms with Gasteiger partial charge in [0.1, 0.15) is 5.75 Å². The zero-order chi connectivity index (χ0) is 12.4. The lowest BCUT2D eigenvalue weighted by atomic mass is 10.3. The highest BCUT2D eigenvalue weighted by Crippen LogP contribution is 2.32. The molecule has 1 aromatic carbocycles. The summed E-state index contributed by atoms with van der Waals surface area (Å²) in [6.07, 6.45) is 0. The van der Waals surface area contributed by atoms with Crippen molar-refractivity contribution in [1.29, 1.82) is 0 Å². The molecule has 0 amide bonds. The van der Waals surface area contributed by atoms with Crippen LogP contribution in [0.4, 0.5) is 0 Å². The van der Waals surface area contributed by atoms with Crippen molar-refractivity contribution in [2.45, 2.75) is 0 Å². The van der Waals surface area contributed by atoms with Crippen molar-refractivity contribution in [3.05, 3.63) is 39.3 Å². The topological polar surface area (TPSA) is 59.4 Å². The molecule has 0 aliphatic heterocycles. The Morgan fingerprint density at radius 3 is 2.76 bits per heavy atom. The maximum absolute atomic E-state index is 10.8. The molecular formula is C10H5Cl2NO3S. The lowest BCUT2D eigenvalue weighted by molar-refractivity contribution is 0.0702. The number of carboxylic acids is 1. The Kier molecular flexibility index (Phi) is 3.51. The van der Waals surface area contributed by atoms with E-state index in [-0.39, 0.29) is 15.2 Å². The quantitative estimate of drug-likeness (QED) is 0.930. The fourth-order valence-electron chi connectivity index (χ4n) is 1.09. The predicted molar refractivity (Wildman–Crippen MR) is 65.6 cm³/mol. The number of hydrogen-bond donors (Lipinski definition) is 1. The standard InChI is InChI=1S/C10H5Cl2NO3S/c11-5-2-1-3-6(4-5)16-10-13-8(12)7(17-10)9(14)15/h1-4H,(H,14,15). The van der Waals surface area contributed by atoms with Crippen molar-refractivity contribution in [3.8, 4) is 10.9 Å². The van der Waals surface area contributed by atoms with Gasteiger partial charge < -0.3 is 9.84 Å². The van der Waals surface area contributed by atoms with Crippen LogP contribution in [0.1, 0.15) is 9.67 Å². The largest absolute Gasteiger partial charge is 0.477 e. The van der Waals surface area contributed by atoms with Gasteiger partial charge in [0.2, 0.25) is 0 Å². The predicted octanol–water partition coefficient (Wildman–Crippen LogP) is 3.94. The number of benzene rings is 1. The number of nitrogens with zero attached hydrogens (tertiary/aromatic N) is 1. The second-order valence-electron chi connectivity index (χ2n) is 2.96. The number of aromatic carboxylic acids is 1. The maximum atomic E-state index is 10.8. The minimum atomic E-state index is -1.13. The molecule has 0 aliphatic carbocycles. The van der Waals surface area contributed by atoms with Gasteiger partial charge in [-0.2, -0.15) is 4.98 Å². The average Bonchev–Trinajstić information content (AvgIpc) is 2.59. The monoisotopic (exact) mass is 289 g/mol. The third-order valence-corrected chi connectivity index (χ3v) is 3.30. The Labute approximate surface area is 110 Å². The summed E-state index contributed by atoms with van der Waals surface area (Å²) in [4.78, 5) is 14.5. The molecule has 0 spiro atoms. The number of halogens is 2. The second-order valence-corrected chi connectivity index (χ2v) is 4.72. The van der Waals surface area contributed by atoms with Crippen molar-refractivity contribution in [3.63, 3.8) is 0 Å². The van der Waals surface area contributed by atoms with Crippen LogP contribution in [-0.2, 0) is 0 Å². The van der Waals surface area contributed by atoms with Gasteiger partial charge in [0.15, 0.2) is 10.0 Å². The molecule has 0 radical (unpaired) electrons. The highest BCUT2D eigenvalue weighted by atomic mass is 35.5. The number of thiazole rings is 1. The molecule has 0 saturated carbocycles. The van der Waals surface area contributed by atoms with E-state index < -0.39 is 5.97 Å². The molecule has 0 aliphatic rings. The summed E-state index contributed by atoms with van der Waals surface area (Å²) in [6.45, 7) is 0. The van der Waals surface area contributed by atoms with Gasteiger partial charge in [-0.05, 0) is 18.2 Å². The maximum Gasteiger partial charge on any atom is 0.349 e. The summed E-state index contributed by atoms with van der Waals surface area (Å²) in [7, 11) is 0. The van der Waals surface area contributed by atoms with Crippen LogP contribution in [0, 0.1) is 0 Å². The molecule has 1 N–H and O–H groups in total. The van der Waals surface area contributed by atoms with Crippen LogP contribution in [-0.4, -0.2) is 16.1 Å². The number of aromatic nitrogens is 1. The van der Waals surface area contributed by atoms with Gasteiger partial charge in [-0.1, -0.05) is 40.6 Å². The summed E-state index contributed by atoms with van der Waals surface area (Å²) in [5.74, 6) is -0.659. The van der Waals surface area contributed by atoms with Crippen LogP contribution in [0.3, 0.4) is 0 Å². The molecule has 1 aromatic heterocycles. The van der Waals surface area contributed by atoms with Crippen LogP contribution < -0.4 is 4.74 Å². The molecule has 1 heterocycles. The molecule has 0 saturated heterocycles. The normalized spacial score (nSPS) is 10.2. The Hall–Kier alpha value is -1.30. The molecule has 0 fully saturated rings. The van der Waals surface area contributed by atoms with Gasteiger partial charge in [-0.3, -0.25) is 0 Å². The fourth-order valence-corrected chi connectivity index (χ4v) is 2.26. The van der Waals surface area contributed by atoms with Gasteiger partial charge in [0.25, 0.3) is 5.19 Å². The molecule has 0 unspecified atom stereocenters. The van der Waals surface area contributed by atoms with E-state index in [1.165, 1.54) is 0 Å². The van der Waals surface area contributed by atoms with Gasteiger partial charge >= 0.3 is 5.97 Å². The third kappa shape index (κ3) is 2.88. The van der Waals surface area contributed by atoms with Gasteiger partial charge in [0, 0.05) is 5.02 Å². The molecule has 17 heavy (non-hydrogen) atoms. The lowest BCUT2D eigenvalue weighted by Gasteiger charge is -2.00. The molecular weight excluding hydrogens is 285 g/mol. The van der Waals surface area contributed by atoms with E-state index in [1.807, 2.05) is 0 Å². The first-order valence-corrected chi connectivity index (χ1v) is 5.96. The zero-order valence-electron chi connectivity index (χ0n) is 8.18. The van der Waals surface area contributed by atoms with Gasteiger partial charge in [0.05, 0.1) is 0 Å². The molecule has 88 valence electrons. The van der Waals surface area contributed by atoms with Crippen LogP contribution in [0.5, 0.6) is 10.9 Å². The van der Waals surface area contributed by atoms with E-state index in [0.29, 0.717) is 10.8 Å². The average molecular weight is 290 g/mol. The smallest absolute Gasteiger partial charge is 0.349 e. The van der Waals surface area contributed by atoms with E-state index in [9.17, 15) is 4.79 Å². The van der Waals surface area contributed by atoms with Crippen molar-refractivity contribution < 1.29 is 14.6 Å². The van der Waals surface area contributed by atoms with Crippen molar-refractivity contribution in [2.24, 2.45) is 0 Å². The zero-order valence-corrected chi connectivity index (χ0v) is 10.5. The molecule has 2 rings (SSSR count). The van der Waals surface area contributed by atoms with Gasteiger partial charge in [-0.25, -0.2) is 4.79 Å². The van der Waals surface area contributed by atoms with Crippen LogP contribution in [0.25, 0.3) is 0 Å². The fraction of sp³-hybridized carbons (Fsp3) is 0. The lowest BCUT2D eigenvalue weighted by Crippen LogP contribution is -1.91. The van der Waals surface area contributed by atoms with Crippen LogP contribution in [0.15, 0.2) is 24.3 Å². The number of hydrogen-bond acceptors (Lipinski definition) is 4. The van der Waals surface area contributed by atoms with Crippen molar-refractivity contribution in [1.82, 2.24) is 4.98 Å². The molecule has 0 bridgehead atoms.